The van der Waals surface area contributed by atoms with Gasteiger partial charge in [0.25, 0.3) is 5.91 Å². The number of rotatable bonds is 7. The van der Waals surface area contributed by atoms with Crippen LogP contribution in [-0.4, -0.2) is 52.3 Å². The Labute approximate surface area is 167 Å². The van der Waals surface area contributed by atoms with Crippen LogP contribution in [0.1, 0.15) is 21.5 Å². The summed E-state index contributed by atoms with van der Waals surface area (Å²) >= 11 is 6.25. The average Bonchev–Trinajstić information content (AvgIpc) is 3.27. The number of aliphatic hydroxyl groups is 2. The fraction of sp³-hybridized carbons (Fsp3) is 0.286. The number of aromatic nitrogens is 1. The Balaban J connectivity index is 1.68. The molecule has 0 unspecified atom stereocenters. The van der Waals surface area contributed by atoms with E-state index in [9.17, 15) is 15.0 Å². The van der Waals surface area contributed by atoms with E-state index >= 15 is 0 Å². The maximum Gasteiger partial charge on any atom is 0.252 e. The van der Waals surface area contributed by atoms with E-state index in [2.05, 4.69) is 16.4 Å². The minimum absolute atomic E-state index is 0.0558. The van der Waals surface area contributed by atoms with Gasteiger partial charge in [0.15, 0.2) is 0 Å². The number of nitrogens with one attached hydrogen (secondary N) is 2. The highest BCUT2D eigenvalue weighted by molar-refractivity contribution is 6.32. The molecule has 0 bridgehead atoms. The lowest BCUT2D eigenvalue weighted by atomic mass is 10.0. The Kier molecular flexibility index (Phi) is 5.37. The first-order valence-electron chi connectivity index (χ1n) is 9.26. The molecule has 0 aliphatic carbocycles. The third kappa shape index (κ3) is 3.52. The van der Waals surface area contributed by atoms with Crippen LogP contribution in [0.3, 0.4) is 0 Å². The highest BCUT2D eigenvalue weighted by atomic mass is 35.5. The lowest BCUT2D eigenvalue weighted by Gasteiger charge is -2.20. The largest absolute Gasteiger partial charge is 0.395 e. The van der Waals surface area contributed by atoms with Crippen LogP contribution in [0.15, 0.2) is 36.4 Å². The summed E-state index contributed by atoms with van der Waals surface area (Å²) < 4.78 is 0. The normalized spacial score (nSPS) is 13.4. The molecule has 2 aromatic carbocycles. The second kappa shape index (κ2) is 7.93. The van der Waals surface area contributed by atoms with Crippen LogP contribution in [-0.2, 0) is 13.1 Å². The predicted octanol–water partition coefficient (Wildman–Crippen LogP) is 2.52. The molecule has 146 valence electrons. The number of halogens is 1. The molecule has 1 aliphatic rings. The van der Waals surface area contributed by atoms with Gasteiger partial charge in [-0.2, -0.15) is 0 Å². The van der Waals surface area contributed by atoms with Crippen molar-refractivity contribution in [3.63, 3.8) is 0 Å². The van der Waals surface area contributed by atoms with Gasteiger partial charge >= 0.3 is 0 Å². The second-order valence-corrected chi connectivity index (χ2v) is 7.37. The number of aromatic amines is 1. The summed E-state index contributed by atoms with van der Waals surface area (Å²) in [6.07, 6.45) is 0. The average molecular weight is 400 g/mol. The number of benzene rings is 2. The van der Waals surface area contributed by atoms with Crippen molar-refractivity contribution < 1.29 is 15.0 Å². The first-order valence-corrected chi connectivity index (χ1v) is 9.64. The zero-order chi connectivity index (χ0) is 19.7. The number of H-pyrrole nitrogens is 1. The zero-order valence-corrected chi connectivity index (χ0v) is 16.1. The molecule has 28 heavy (non-hydrogen) atoms. The highest BCUT2D eigenvalue weighted by Gasteiger charge is 2.26. The van der Waals surface area contributed by atoms with Crippen molar-refractivity contribution in [2.75, 3.05) is 26.3 Å². The number of nitrogens with zero attached hydrogens (tertiary/aromatic N) is 1. The Hall–Kier alpha value is -2.38. The maximum atomic E-state index is 12.3. The van der Waals surface area contributed by atoms with E-state index in [0.29, 0.717) is 36.8 Å². The van der Waals surface area contributed by atoms with E-state index in [1.807, 2.05) is 35.2 Å². The van der Waals surface area contributed by atoms with Crippen LogP contribution in [0.25, 0.3) is 22.2 Å². The molecule has 0 spiro atoms. The molecule has 3 aromatic rings. The van der Waals surface area contributed by atoms with E-state index in [1.165, 1.54) is 0 Å². The van der Waals surface area contributed by atoms with E-state index in [4.69, 9.17) is 11.6 Å². The van der Waals surface area contributed by atoms with Gasteiger partial charge in [0.1, 0.15) is 0 Å². The molecule has 1 aliphatic heterocycles. The highest BCUT2D eigenvalue weighted by Crippen LogP contribution is 2.34. The molecule has 0 radical (unpaired) electrons. The third-order valence-corrected chi connectivity index (χ3v) is 5.48. The topological polar surface area (TPSA) is 88.6 Å². The number of hydrogen-bond acceptors (Lipinski definition) is 4. The van der Waals surface area contributed by atoms with Gasteiger partial charge in [-0.1, -0.05) is 23.7 Å². The summed E-state index contributed by atoms with van der Waals surface area (Å²) in [5.74, 6) is -0.101. The summed E-state index contributed by atoms with van der Waals surface area (Å²) in [6.45, 7) is 2.25. The zero-order valence-electron chi connectivity index (χ0n) is 15.3. The number of carbonyl (C=O) groups excluding carboxylic acids is 1. The van der Waals surface area contributed by atoms with Crippen molar-refractivity contribution >= 4 is 28.4 Å². The Bertz CT molecular complexity index is 1030. The van der Waals surface area contributed by atoms with Gasteiger partial charge in [-0.25, -0.2) is 0 Å². The summed E-state index contributed by atoms with van der Waals surface area (Å²) in [6, 6.07) is 11.9. The van der Waals surface area contributed by atoms with Gasteiger partial charge in [-0.05, 0) is 29.8 Å². The molecule has 7 heteroatoms. The predicted molar refractivity (Wildman–Crippen MR) is 109 cm³/mol. The summed E-state index contributed by atoms with van der Waals surface area (Å²) in [7, 11) is 0. The lowest BCUT2D eigenvalue weighted by Crippen LogP contribution is -2.29. The number of hydrogen-bond donors (Lipinski definition) is 4. The number of fused-ring (bicyclic) bond motifs is 2. The molecular weight excluding hydrogens is 378 g/mol. The molecule has 4 N–H and O–H groups in total. The molecule has 0 fully saturated rings. The molecule has 0 atom stereocenters. The molecule has 6 nitrogen and oxygen atoms in total. The molecule has 1 aromatic heterocycles. The van der Waals surface area contributed by atoms with Crippen LogP contribution >= 0.6 is 11.6 Å². The Morgan fingerprint density at radius 3 is 2.61 bits per heavy atom. The van der Waals surface area contributed by atoms with Crippen molar-refractivity contribution in [1.82, 2.24) is 15.2 Å². The van der Waals surface area contributed by atoms with Crippen molar-refractivity contribution in [3.05, 3.63) is 58.1 Å². The quantitative estimate of drug-likeness (QED) is 0.491. The molecule has 4 rings (SSSR count). The van der Waals surface area contributed by atoms with Crippen LogP contribution in [0.2, 0.25) is 5.02 Å². The van der Waals surface area contributed by atoms with Gasteiger partial charge in [0.05, 0.1) is 18.8 Å². The van der Waals surface area contributed by atoms with Crippen LogP contribution < -0.4 is 5.32 Å². The summed E-state index contributed by atoms with van der Waals surface area (Å²) in [5.41, 5.74) is 5.27. The number of aliphatic hydroxyl groups excluding tert-OH is 2. The molecule has 1 amide bonds. The van der Waals surface area contributed by atoms with E-state index in [0.717, 1.165) is 33.3 Å². The summed E-state index contributed by atoms with van der Waals surface area (Å²) in [4.78, 5) is 17.7. The van der Waals surface area contributed by atoms with Crippen LogP contribution in [0.4, 0.5) is 0 Å². The SMILES string of the molecule is O=C1NCc2c(Cl)ccc(-c3cc4cc(CN(CCO)CCO)ccc4[nH]3)c21. The molecule has 0 saturated heterocycles. The molecular formula is C21H22ClN3O3. The lowest BCUT2D eigenvalue weighted by molar-refractivity contribution is 0.0966. The van der Waals surface area contributed by atoms with E-state index < -0.39 is 0 Å². The fourth-order valence-corrected chi connectivity index (χ4v) is 4.00. The molecule has 2 heterocycles. The number of carbonyl (C=O) groups is 1. The van der Waals surface area contributed by atoms with Crippen LogP contribution in [0.5, 0.6) is 0 Å². The second-order valence-electron chi connectivity index (χ2n) is 6.96. The first kappa shape index (κ1) is 19.0. The van der Waals surface area contributed by atoms with Crippen molar-refractivity contribution in [1.29, 1.82) is 0 Å². The monoisotopic (exact) mass is 399 g/mol. The van der Waals surface area contributed by atoms with Gasteiger partial charge in [0, 0.05) is 58.9 Å². The van der Waals surface area contributed by atoms with Crippen molar-refractivity contribution in [2.24, 2.45) is 0 Å². The Morgan fingerprint density at radius 1 is 1.07 bits per heavy atom. The third-order valence-electron chi connectivity index (χ3n) is 5.12. The fourth-order valence-electron chi connectivity index (χ4n) is 3.77. The van der Waals surface area contributed by atoms with Crippen LogP contribution in [0, 0.1) is 0 Å². The maximum absolute atomic E-state index is 12.3. The standard InChI is InChI=1S/C21H22ClN3O3/c22-17-3-2-15(20-16(17)11-23-21(20)28)19-10-14-9-13(1-4-18(14)24-19)12-25(5-7-26)6-8-27/h1-4,9-10,24,26-27H,5-8,11-12H2,(H,23,28). The van der Waals surface area contributed by atoms with E-state index in [-0.39, 0.29) is 19.1 Å². The minimum atomic E-state index is -0.101. The van der Waals surface area contributed by atoms with Crippen molar-refractivity contribution in [2.45, 2.75) is 13.1 Å². The first-order chi connectivity index (χ1) is 13.6. The smallest absolute Gasteiger partial charge is 0.252 e. The Morgan fingerprint density at radius 2 is 1.86 bits per heavy atom. The number of amides is 1. The van der Waals surface area contributed by atoms with Gasteiger partial charge in [-0.3, -0.25) is 9.69 Å². The summed E-state index contributed by atoms with van der Waals surface area (Å²) in [5, 5.41) is 22.9. The van der Waals surface area contributed by atoms with E-state index in [1.54, 1.807) is 0 Å². The molecule has 0 saturated carbocycles. The van der Waals surface area contributed by atoms with Gasteiger partial charge in [-0.15, -0.1) is 0 Å². The minimum Gasteiger partial charge on any atom is -0.395 e. The van der Waals surface area contributed by atoms with Gasteiger partial charge < -0.3 is 20.5 Å². The van der Waals surface area contributed by atoms with Crippen molar-refractivity contribution in [3.8, 4) is 11.3 Å². The van der Waals surface area contributed by atoms with Gasteiger partial charge in [0.2, 0.25) is 0 Å².